The van der Waals surface area contributed by atoms with E-state index in [2.05, 4.69) is 45.5 Å². The Labute approximate surface area is 196 Å². The topological polar surface area (TPSA) is 69.2 Å². The smallest absolute Gasteiger partial charge is 0.275 e. The van der Waals surface area contributed by atoms with E-state index in [0.29, 0.717) is 36.0 Å². The number of nitrogens with one attached hydrogen (secondary N) is 1. The number of benzene rings is 3. The average molecular weight is 497 g/mol. The number of methoxy groups -OCH3 is 1. The van der Waals surface area contributed by atoms with Gasteiger partial charge in [0.25, 0.3) is 5.91 Å². The minimum atomic E-state index is -0.373. The summed E-state index contributed by atoms with van der Waals surface area (Å²) in [6.45, 7) is 4.91. The Morgan fingerprint density at radius 1 is 1.00 bits per heavy atom. The molecule has 3 aromatic rings. The highest BCUT2D eigenvalue weighted by Crippen LogP contribution is 2.29. The van der Waals surface area contributed by atoms with Gasteiger partial charge in [-0.1, -0.05) is 45.8 Å². The Hall–Kier alpha value is -3.32. The Morgan fingerprint density at radius 2 is 1.75 bits per heavy atom. The molecule has 1 amide bonds. The Kier molecular flexibility index (Phi) is 8.27. The van der Waals surface area contributed by atoms with Crippen molar-refractivity contribution >= 4 is 28.1 Å². The molecular weight excluding hydrogens is 472 g/mol. The number of amides is 1. The minimum Gasteiger partial charge on any atom is -0.496 e. The number of aryl methyl sites for hydroxylation is 1. The number of nitrogens with zero attached hydrogens (tertiary/aromatic N) is 1. The second-order valence-corrected chi connectivity index (χ2v) is 7.87. The SMILES string of the molecule is CCOc1cc(/C=N/NC(=O)c2cc(Br)ccc2OC)ccc1OCc1ccc(C)cc1. The second-order valence-electron chi connectivity index (χ2n) is 6.96. The fourth-order valence-electron chi connectivity index (χ4n) is 2.92. The van der Waals surface area contributed by atoms with E-state index in [0.717, 1.165) is 15.6 Å². The van der Waals surface area contributed by atoms with Gasteiger partial charge in [0.15, 0.2) is 11.5 Å². The molecule has 0 saturated heterocycles. The van der Waals surface area contributed by atoms with Crippen LogP contribution in [0.3, 0.4) is 0 Å². The average Bonchev–Trinajstić information content (AvgIpc) is 2.79. The van der Waals surface area contributed by atoms with Crippen molar-refractivity contribution in [2.45, 2.75) is 20.5 Å². The zero-order chi connectivity index (χ0) is 22.9. The van der Waals surface area contributed by atoms with Crippen LogP contribution in [0.1, 0.15) is 34.0 Å². The molecule has 0 aliphatic heterocycles. The molecule has 0 aromatic heterocycles. The van der Waals surface area contributed by atoms with E-state index in [1.165, 1.54) is 12.7 Å². The highest BCUT2D eigenvalue weighted by atomic mass is 79.9. The van der Waals surface area contributed by atoms with E-state index in [-0.39, 0.29) is 5.91 Å². The summed E-state index contributed by atoms with van der Waals surface area (Å²) in [6, 6.07) is 18.9. The summed E-state index contributed by atoms with van der Waals surface area (Å²) in [5.74, 6) is 1.35. The fraction of sp³-hybridized carbons (Fsp3) is 0.200. The molecule has 0 aliphatic carbocycles. The summed E-state index contributed by atoms with van der Waals surface area (Å²) in [4.78, 5) is 12.5. The summed E-state index contributed by atoms with van der Waals surface area (Å²) in [7, 11) is 1.51. The van der Waals surface area contributed by atoms with Crippen LogP contribution >= 0.6 is 15.9 Å². The van der Waals surface area contributed by atoms with Crippen LogP contribution in [0.25, 0.3) is 0 Å². The maximum atomic E-state index is 12.5. The Bertz CT molecular complexity index is 1100. The molecule has 0 heterocycles. The minimum absolute atomic E-state index is 0.373. The summed E-state index contributed by atoms with van der Waals surface area (Å²) in [5.41, 5.74) is 5.95. The predicted molar refractivity (Wildman–Crippen MR) is 129 cm³/mol. The van der Waals surface area contributed by atoms with Gasteiger partial charge >= 0.3 is 0 Å². The van der Waals surface area contributed by atoms with E-state index in [1.54, 1.807) is 24.4 Å². The number of rotatable bonds is 9. The van der Waals surface area contributed by atoms with Crippen molar-refractivity contribution in [2.24, 2.45) is 5.10 Å². The van der Waals surface area contributed by atoms with Gasteiger partial charge < -0.3 is 14.2 Å². The lowest BCUT2D eigenvalue weighted by atomic mass is 10.2. The van der Waals surface area contributed by atoms with Crippen molar-refractivity contribution in [3.05, 3.63) is 87.4 Å². The van der Waals surface area contributed by atoms with Crippen molar-refractivity contribution < 1.29 is 19.0 Å². The third-order valence-corrected chi connectivity index (χ3v) is 5.06. The number of ether oxygens (including phenoxy) is 3. The van der Waals surface area contributed by atoms with Crippen LogP contribution in [0, 0.1) is 6.92 Å². The first-order valence-electron chi connectivity index (χ1n) is 10.1. The highest BCUT2D eigenvalue weighted by molar-refractivity contribution is 9.10. The molecule has 7 heteroatoms. The van der Waals surface area contributed by atoms with Gasteiger partial charge in [-0.05, 0) is 61.4 Å². The van der Waals surface area contributed by atoms with E-state index >= 15 is 0 Å². The van der Waals surface area contributed by atoms with Crippen molar-refractivity contribution in [1.29, 1.82) is 0 Å². The molecule has 0 radical (unpaired) electrons. The summed E-state index contributed by atoms with van der Waals surface area (Å²) >= 11 is 3.36. The second kappa shape index (κ2) is 11.3. The molecule has 3 aromatic carbocycles. The third-order valence-electron chi connectivity index (χ3n) is 4.57. The molecule has 0 saturated carbocycles. The number of carbonyl (C=O) groups excluding carboxylic acids is 1. The molecule has 3 rings (SSSR count). The van der Waals surface area contributed by atoms with Crippen molar-refractivity contribution in [3.8, 4) is 17.2 Å². The predicted octanol–water partition coefficient (Wildman–Crippen LogP) is 5.51. The van der Waals surface area contributed by atoms with E-state index < -0.39 is 0 Å². The van der Waals surface area contributed by atoms with Crippen LogP contribution in [-0.2, 0) is 6.61 Å². The largest absolute Gasteiger partial charge is 0.496 e. The fourth-order valence-corrected chi connectivity index (χ4v) is 3.28. The lowest BCUT2D eigenvalue weighted by molar-refractivity contribution is 0.0952. The van der Waals surface area contributed by atoms with Gasteiger partial charge in [-0.15, -0.1) is 0 Å². The number of hydrogen-bond acceptors (Lipinski definition) is 5. The van der Waals surface area contributed by atoms with E-state index in [1.807, 2.05) is 37.3 Å². The lowest BCUT2D eigenvalue weighted by Crippen LogP contribution is -2.18. The molecule has 0 bridgehead atoms. The van der Waals surface area contributed by atoms with Crippen LogP contribution < -0.4 is 19.6 Å². The molecule has 1 N–H and O–H groups in total. The number of halogens is 1. The first kappa shape index (κ1) is 23.3. The van der Waals surface area contributed by atoms with Gasteiger partial charge in [-0.2, -0.15) is 5.10 Å². The van der Waals surface area contributed by atoms with Crippen LogP contribution in [-0.4, -0.2) is 25.8 Å². The Balaban J connectivity index is 1.68. The van der Waals surface area contributed by atoms with Crippen molar-refractivity contribution in [3.63, 3.8) is 0 Å². The van der Waals surface area contributed by atoms with Crippen LogP contribution in [0.15, 0.2) is 70.2 Å². The van der Waals surface area contributed by atoms with E-state index in [9.17, 15) is 4.79 Å². The quantitative estimate of drug-likeness (QED) is 0.313. The summed E-state index contributed by atoms with van der Waals surface area (Å²) in [5, 5.41) is 4.06. The molecular formula is C25H25BrN2O4. The number of hydrogen-bond donors (Lipinski definition) is 1. The molecule has 32 heavy (non-hydrogen) atoms. The zero-order valence-corrected chi connectivity index (χ0v) is 19.8. The van der Waals surface area contributed by atoms with Gasteiger partial charge in [-0.25, -0.2) is 5.43 Å². The summed E-state index contributed by atoms with van der Waals surface area (Å²) < 4.78 is 17.7. The molecule has 0 unspecified atom stereocenters. The first-order valence-corrected chi connectivity index (χ1v) is 10.9. The number of hydrazone groups is 1. The molecule has 6 nitrogen and oxygen atoms in total. The van der Waals surface area contributed by atoms with E-state index in [4.69, 9.17) is 14.2 Å². The monoisotopic (exact) mass is 496 g/mol. The van der Waals surface area contributed by atoms with Crippen LogP contribution in [0.2, 0.25) is 0 Å². The van der Waals surface area contributed by atoms with Crippen molar-refractivity contribution in [1.82, 2.24) is 5.43 Å². The highest BCUT2D eigenvalue weighted by Gasteiger charge is 2.12. The molecule has 0 atom stereocenters. The van der Waals surface area contributed by atoms with Crippen LogP contribution in [0.4, 0.5) is 0 Å². The molecule has 166 valence electrons. The molecule has 0 aliphatic rings. The van der Waals surface area contributed by atoms with Gasteiger partial charge in [0.05, 0.1) is 25.5 Å². The van der Waals surface area contributed by atoms with Crippen LogP contribution in [0.5, 0.6) is 17.2 Å². The van der Waals surface area contributed by atoms with Gasteiger partial charge in [0, 0.05) is 4.47 Å². The number of carbonyl (C=O) groups is 1. The zero-order valence-electron chi connectivity index (χ0n) is 18.2. The molecule has 0 fully saturated rings. The molecule has 0 spiro atoms. The third kappa shape index (κ3) is 6.34. The Morgan fingerprint density at radius 3 is 2.47 bits per heavy atom. The first-order chi connectivity index (χ1) is 15.5. The van der Waals surface area contributed by atoms with Gasteiger partial charge in [0.1, 0.15) is 12.4 Å². The van der Waals surface area contributed by atoms with Gasteiger partial charge in [-0.3, -0.25) is 4.79 Å². The van der Waals surface area contributed by atoms with Crippen molar-refractivity contribution in [2.75, 3.05) is 13.7 Å². The standard InChI is InChI=1S/C25H25BrN2O4/c1-4-31-24-13-19(9-11-23(24)32-16-18-7-5-17(2)6-8-18)15-27-28-25(29)21-14-20(26)10-12-22(21)30-3/h5-15H,4,16H2,1-3H3,(H,28,29)/b27-15+. The van der Waals surface area contributed by atoms with Gasteiger partial charge in [0.2, 0.25) is 0 Å². The summed E-state index contributed by atoms with van der Waals surface area (Å²) in [6.07, 6.45) is 1.55. The maximum Gasteiger partial charge on any atom is 0.275 e. The lowest BCUT2D eigenvalue weighted by Gasteiger charge is -2.13. The maximum absolute atomic E-state index is 12.5. The normalized spacial score (nSPS) is 10.8.